The average molecular weight is 215 g/mol. The van der Waals surface area contributed by atoms with Crippen LogP contribution in [0.1, 0.15) is 17.3 Å². The summed E-state index contributed by atoms with van der Waals surface area (Å²) in [5.74, 6) is 0.197. The van der Waals surface area contributed by atoms with Crippen molar-refractivity contribution < 1.29 is 14.3 Å². The Morgan fingerprint density at radius 1 is 1.50 bits per heavy atom. The minimum atomic E-state index is -0.417. The van der Waals surface area contributed by atoms with Crippen molar-refractivity contribution in [1.29, 1.82) is 0 Å². The Bertz CT molecular complexity index is 336. The molecule has 0 fully saturated rings. The molecule has 3 nitrogen and oxygen atoms in total. The fourth-order valence-corrected chi connectivity index (χ4v) is 1.24. The first-order chi connectivity index (χ1) is 6.69. The van der Waals surface area contributed by atoms with E-state index in [1.54, 1.807) is 25.1 Å². The highest BCUT2D eigenvalue weighted by Crippen LogP contribution is 2.22. The predicted octanol–water partition coefficient (Wildman–Crippen LogP) is 2.53. The molecule has 0 saturated carbocycles. The number of esters is 1. The maximum Gasteiger partial charge on any atom is 0.339 e. The summed E-state index contributed by atoms with van der Waals surface area (Å²) in [4.78, 5) is 11.3. The van der Waals surface area contributed by atoms with Gasteiger partial charge in [0, 0.05) is 0 Å². The molecule has 0 heterocycles. The van der Waals surface area contributed by atoms with Crippen LogP contribution in [0.4, 0.5) is 0 Å². The van der Waals surface area contributed by atoms with Gasteiger partial charge in [-0.2, -0.15) is 0 Å². The van der Waals surface area contributed by atoms with Crippen LogP contribution in [0.2, 0.25) is 5.02 Å². The van der Waals surface area contributed by atoms with Crippen molar-refractivity contribution in [3.05, 3.63) is 28.8 Å². The van der Waals surface area contributed by atoms with E-state index in [1.807, 2.05) is 0 Å². The second-order valence-electron chi connectivity index (χ2n) is 2.57. The Morgan fingerprint density at radius 3 is 2.71 bits per heavy atom. The largest absolute Gasteiger partial charge is 0.497 e. The van der Waals surface area contributed by atoms with Gasteiger partial charge in [-0.15, -0.1) is 0 Å². The van der Waals surface area contributed by atoms with E-state index in [0.717, 1.165) is 0 Å². The van der Waals surface area contributed by atoms with Crippen LogP contribution in [0.5, 0.6) is 5.75 Å². The summed E-state index contributed by atoms with van der Waals surface area (Å²) < 4.78 is 9.77. The topological polar surface area (TPSA) is 35.5 Å². The molecular weight excluding hydrogens is 204 g/mol. The molecule has 4 heteroatoms. The molecule has 1 rings (SSSR count). The molecule has 1 aromatic rings. The number of benzene rings is 1. The summed E-state index contributed by atoms with van der Waals surface area (Å²) in [6.07, 6.45) is 0. The van der Waals surface area contributed by atoms with Gasteiger partial charge in [0.25, 0.3) is 0 Å². The van der Waals surface area contributed by atoms with Crippen molar-refractivity contribution in [2.24, 2.45) is 0 Å². The number of methoxy groups -OCH3 is 1. The lowest BCUT2D eigenvalue weighted by atomic mass is 10.2. The van der Waals surface area contributed by atoms with Crippen molar-refractivity contribution in [3.63, 3.8) is 0 Å². The molecule has 0 saturated heterocycles. The van der Waals surface area contributed by atoms with Gasteiger partial charge < -0.3 is 9.47 Å². The maximum atomic E-state index is 11.3. The summed E-state index contributed by atoms with van der Waals surface area (Å²) in [6, 6.07) is 4.82. The van der Waals surface area contributed by atoms with Gasteiger partial charge in [0.2, 0.25) is 0 Å². The summed E-state index contributed by atoms with van der Waals surface area (Å²) in [7, 11) is 1.54. The second kappa shape index (κ2) is 4.86. The van der Waals surface area contributed by atoms with Crippen LogP contribution in [0.25, 0.3) is 0 Å². The third kappa shape index (κ3) is 2.39. The van der Waals surface area contributed by atoms with Gasteiger partial charge in [0.1, 0.15) is 5.75 Å². The van der Waals surface area contributed by atoms with E-state index < -0.39 is 5.97 Å². The summed E-state index contributed by atoms with van der Waals surface area (Å²) in [6.45, 7) is 2.08. The molecular formula is C10H11ClO3. The van der Waals surface area contributed by atoms with Crippen molar-refractivity contribution in [2.75, 3.05) is 13.7 Å². The van der Waals surface area contributed by atoms with Gasteiger partial charge in [-0.05, 0) is 25.1 Å². The molecule has 0 aliphatic heterocycles. The molecule has 0 aliphatic carbocycles. The number of carbonyl (C=O) groups is 1. The van der Waals surface area contributed by atoms with Crippen LogP contribution < -0.4 is 4.74 Å². The number of halogens is 1. The highest BCUT2D eigenvalue weighted by atomic mass is 35.5. The minimum absolute atomic E-state index is 0.335. The summed E-state index contributed by atoms with van der Waals surface area (Å²) in [5, 5.41) is 0.336. The highest BCUT2D eigenvalue weighted by molar-refractivity contribution is 6.33. The molecule has 0 aliphatic rings. The van der Waals surface area contributed by atoms with Gasteiger partial charge >= 0.3 is 5.97 Å². The molecule has 0 amide bonds. The van der Waals surface area contributed by atoms with Gasteiger partial charge in [0.05, 0.1) is 24.3 Å². The summed E-state index contributed by atoms with van der Waals surface area (Å²) in [5.41, 5.74) is 0.356. The molecule has 0 radical (unpaired) electrons. The van der Waals surface area contributed by atoms with Crippen LogP contribution in [0, 0.1) is 0 Å². The fourth-order valence-electron chi connectivity index (χ4n) is 0.997. The van der Waals surface area contributed by atoms with E-state index in [-0.39, 0.29) is 0 Å². The van der Waals surface area contributed by atoms with E-state index in [2.05, 4.69) is 0 Å². The maximum absolute atomic E-state index is 11.3. The first-order valence-electron chi connectivity index (χ1n) is 4.19. The van der Waals surface area contributed by atoms with Crippen molar-refractivity contribution >= 4 is 17.6 Å². The zero-order valence-electron chi connectivity index (χ0n) is 8.04. The molecule has 0 atom stereocenters. The smallest absolute Gasteiger partial charge is 0.339 e. The Balaban J connectivity index is 2.94. The van der Waals surface area contributed by atoms with E-state index in [0.29, 0.717) is 22.9 Å². The Morgan fingerprint density at radius 2 is 2.21 bits per heavy atom. The SMILES string of the molecule is CCOC(=O)c1ccc(OC)cc1Cl. The Labute approximate surface area is 87.6 Å². The van der Waals surface area contributed by atoms with Crippen LogP contribution in [0.15, 0.2) is 18.2 Å². The van der Waals surface area contributed by atoms with Crippen LogP contribution in [-0.2, 0) is 4.74 Å². The van der Waals surface area contributed by atoms with Crippen LogP contribution >= 0.6 is 11.6 Å². The van der Waals surface area contributed by atoms with Gasteiger partial charge in [-0.1, -0.05) is 11.6 Å². The number of rotatable bonds is 3. The highest BCUT2D eigenvalue weighted by Gasteiger charge is 2.11. The van der Waals surface area contributed by atoms with Crippen molar-refractivity contribution in [3.8, 4) is 5.75 Å². The summed E-state index contributed by atoms with van der Waals surface area (Å²) >= 11 is 5.86. The molecule has 0 bridgehead atoms. The Kier molecular flexibility index (Phi) is 3.77. The van der Waals surface area contributed by atoms with E-state index >= 15 is 0 Å². The van der Waals surface area contributed by atoms with Crippen LogP contribution in [0.3, 0.4) is 0 Å². The van der Waals surface area contributed by atoms with Gasteiger partial charge in [-0.3, -0.25) is 0 Å². The quantitative estimate of drug-likeness (QED) is 0.726. The minimum Gasteiger partial charge on any atom is -0.497 e. The predicted molar refractivity (Wildman–Crippen MR) is 54.0 cm³/mol. The third-order valence-electron chi connectivity index (χ3n) is 1.67. The molecule has 0 N–H and O–H groups in total. The molecule has 0 unspecified atom stereocenters. The van der Waals surface area contributed by atoms with E-state index in [4.69, 9.17) is 21.1 Å². The number of ether oxygens (including phenoxy) is 2. The number of hydrogen-bond donors (Lipinski definition) is 0. The fraction of sp³-hybridized carbons (Fsp3) is 0.300. The van der Waals surface area contributed by atoms with E-state index in [1.165, 1.54) is 7.11 Å². The van der Waals surface area contributed by atoms with Crippen molar-refractivity contribution in [1.82, 2.24) is 0 Å². The molecule has 0 spiro atoms. The third-order valence-corrected chi connectivity index (χ3v) is 1.98. The zero-order chi connectivity index (χ0) is 10.6. The normalized spacial score (nSPS) is 9.64. The molecule has 14 heavy (non-hydrogen) atoms. The average Bonchev–Trinajstić information content (AvgIpc) is 2.17. The molecule has 0 aromatic heterocycles. The van der Waals surface area contributed by atoms with Gasteiger partial charge in [0.15, 0.2) is 0 Å². The number of hydrogen-bond acceptors (Lipinski definition) is 3. The zero-order valence-corrected chi connectivity index (χ0v) is 8.80. The first-order valence-corrected chi connectivity index (χ1v) is 4.57. The monoisotopic (exact) mass is 214 g/mol. The number of carbonyl (C=O) groups excluding carboxylic acids is 1. The molecule has 76 valence electrons. The lowest BCUT2D eigenvalue weighted by Gasteiger charge is -2.05. The lowest BCUT2D eigenvalue weighted by molar-refractivity contribution is 0.0526. The second-order valence-corrected chi connectivity index (χ2v) is 2.97. The van der Waals surface area contributed by atoms with Crippen molar-refractivity contribution in [2.45, 2.75) is 6.92 Å². The molecule has 1 aromatic carbocycles. The first kappa shape index (κ1) is 10.9. The van der Waals surface area contributed by atoms with Crippen LogP contribution in [-0.4, -0.2) is 19.7 Å². The Hall–Kier alpha value is -1.22. The van der Waals surface area contributed by atoms with Gasteiger partial charge in [-0.25, -0.2) is 4.79 Å². The standard InChI is InChI=1S/C10H11ClO3/c1-3-14-10(12)8-5-4-7(13-2)6-9(8)11/h4-6H,3H2,1-2H3. The lowest BCUT2D eigenvalue weighted by Crippen LogP contribution is -2.05. The van der Waals surface area contributed by atoms with E-state index in [9.17, 15) is 4.79 Å².